The summed E-state index contributed by atoms with van der Waals surface area (Å²) in [7, 11) is 0.706. The van der Waals surface area contributed by atoms with Crippen LogP contribution in [0.2, 0.25) is 0 Å². The Balaban J connectivity index is 1.42. The van der Waals surface area contributed by atoms with Crippen LogP contribution in [0, 0.1) is 0 Å². The van der Waals surface area contributed by atoms with E-state index in [2.05, 4.69) is 135 Å². The van der Waals surface area contributed by atoms with Crippen LogP contribution in [0.1, 0.15) is 16.7 Å². The number of hydrogen-bond acceptors (Lipinski definition) is 7. The number of rotatable bonds is 9. The van der Waals surface area contributed by atoms with Gasteiger partial charge in [-0.1, -0.05) is 109 Å². The fourth-order valence-electron chi connectivity index (χ4n) is 6.89. The van der Waals surface area contributed by atoms with Gasteiger partial charge in [-0.25, -0.2) is 18.4 Å². The van der Waals surface area contributed by atoms with Crippen LogP contribution in [-0.4, -0.2) is 48.5 Å². The highest BCUT2D eigenvalue weighted by Gasteiger charge is 2.40. The van der Waals surface area contributed by atoms with Crippen LogP contribution in [0.5, 0.6) is 0 Å². The lowest BCUT2D eigenvalue weighted by molar-refractivity contribution is 0.461. The standard InChI is InChI=1S/C43H35N5O2S2/c1-47(2)35-22-19-30(20-23-35)41-37(31-21-24-38-36(27-31)42(45-29-44-38)39-25-26-40(51-39)52(3,49)50)28-48(46-41)43(32-13-7-4-8-14-32,33-15-9-5-10-16-33)34-17-11-6-12-18-34/h4-29H,1-3H3. The first-order valence-corrected chi connectivity index (χ1v) is 19.5. The highest BCUT2D eigenvalue weighted by atomic mass is 32.2. The number of benzene rings is 5. The smallest absolute Gasteiger partial charge is 0.184 e. The van der Waals surface area contributed by atoms with Crippen molar-refractivity contribution in [3.63, 3.8) is 0 Å². The van der Waals surface area contributed by atoms with E-state index in [1.165, 1.54) is 23.9 Å². The molecule has 0 aliphatic carbocycles. The molecule has 0 saturated heterocycles. The lowest BCUT2D eigenvalue weighted by atomic mass is 9.77. The maximum absolute atomic E-state index is 12.4. The summed E-state index contributed by atoms with van der Waals surface area (Å²) >= 11 is 1.21. The summed E-state index contributed by atoms with van der Waals surface area (Å²) in [5.74, 6) is 0. The molecule has 0 aliphatic rings. The minimum absolute atomic E-state index is 0.300. The Morgan fingerprint density at radius 3 is 1.77 bits per heavy atom. The van der Waals surface area contributed by atoms with Crippen molar-refractivity contribution < 1.29 is 8.42 Å². The van der Waals surface area contributed by atoms with Crippen molar-refractivity contribution >= 4 is 37.8 Å². The number of sulfone groups is 1. The second-order valence-electron chi connectivity index (χ2n) is 12.9. The molecule has 3 heterocycles. The van der Waals surface area contributed by atoms with Gasteiger partial charge in [0.25, 0.3) is 0 Å². The molecule has 0 fully saturated rings. The molecule has 8 rings (SSSR count). The topological polar surface area (TPSA) is 81.0 Å². The van der Waals surface area contributed by atoms with E-state index in [9.17, 15) is 8.42 Å². The first-order valence-electron chi connectivity index (χ1n) is 16.8. The van der Waals surface area contributed by atoms with Crippen LogP contribution in [0.3, 0.4) is 0 Å². The molecule has 7 nitrogen and oxygen atoms in total. The molecule has 8 aromatic rings. The zero-order valence-electron chi connectivity index (χ0n) is 28.9. The van der Waals surface area contributed by atoms with Crippen molar-refractivity contribution in [3.8, 4) is 33.0 Å². The van der Waals surface area contributed by atoms with E-state index >= 15 is 0 Å². The molecule has 0 atom stereocenters. The Labute approximate surface area is 307 Å². The molecule has 0 amide bonds. The first-order chi connectivity index (χ1) is 25.2. The van der Waals surface area contributed by atoms with E-state index in [4.69, 9.17) is 5.10 Å². The molecule has 0 spiro atoms. The molecule has 0 N–H and O–H groups in total. The zero-order chi connectivity index (χ0) is 35.9. The Morgan fingerprint density at radius 1 is 0.654 bits per heavy atom. The van der Waals surface area contributed by atoms with Gasteiger partial charge >= 0.3 is 0 Å². The van der Waals surface area contributed by atoms with Gasteiger partial charge in [-0.3, -0.25) is 4.68 Å². The monoisotopic (exact) mass is 717 g/mol. The van der Waals surface area contributed by atoms with Gasteiger partial charge in [0.2, 0.25) is 0 Å². The Bertz CT molecular complexity index is 2520. The molecule has 0 radical (unpaired) electrons. The molecule has 3 aromatic heterocycles. The van der Waals surface area contributed by atoms with Gasteiger partial charge in [0.15, 0.2) is 9.84 Å². The maximum atomic E-state index is 12.4. The van der Waals surface area contributed by atoms with Crippen molar-refractivity contribution in [2.24, 2.45) is 0 Å². The molecule has 0 saturated carbocycles. The second-order valence-corrected chi connectivity index (χ2v) is 16.3. The van der Waals surface area contributed by atoms with E-state index in [0.29, 0.717) is 9.90 Å². The number of fused-ring (bicyclic) bond motifs is 1. The molecule has 9 heteroatoms. The minimum Gasteiger partial charge on any atom is -0.378 e. The van der Waals surface area contributed by atoms with Crippen LogP contribution in [0.25, 0.3) is 43.9 Å². The SMILES string of the molecule is CN(C)c1ccc(-c2nn(C(c3ccccc3)(c3ccccc3)c3ccccc3)cc2-c2ccc3ncnc(-c4ccc(S(C)(=O)=O)s4)c3c2)cc1. The average molecular weight is 718 g/mol. The fraction of sp³-hybridized carbons (Fsp3) is 0.0930. The molecule has 0 aliphatic heterocycles. The molecule has 0 bridgehead atoms. The first kappa shape index (κ1) is 33.3. The highest BCUT2D eigenvalue weighted by molar-refractivity contribution is 7.92. The number of thiophene rings is 1. The fourth-order valence-corrected chi connectivity index (χ4v) is 8.83. The number of anilines is 1. The van der Waals surface area contributed by atoms with Crippen molar-refractivity contribution in [2.45, 2.75) is 9.75 Å². The third-order valence-electron chi connectivity index (χ3n) is 9.42. The number of nitrogens with zero attached hydrogens (tertiary/aromatic N) is 5. The zero-order valence-corrected chi connectivity index (χ0v) is 30.5. The van der Waals surface area contributed by atoms with E-state index in [1.807, 2.05) is 44.4 Å². The van der Waals surface area contributed by atoms with E-state index in [1.54, 1.807) is 6.07 Å². The molecular weight excluding hydrogens is 683 g/mol. The summed E-state index contributed by atoms with van der Waals surface area (Å²) in [6, 6.07) is 49.6. The van der Waals surface area contributed by atoms with Crippen LogP contribution in [0.15, 0.2) is 162 Å². The minimum atomic E-state index is -3.36. The van der Waals surface area contributed by atoms with Crippen LogP contribution in [-0.2, 0) is 15.4 Å². The predicted molar refractivity (Wildman–Crippen MR) is 212 cm³/mol. The second kappa shape index (κ2) is 13.3. The number of hydrogen-bond donors (Lipinski definition) is 0. The summed E-state index contributed by atoms with van der Waals surface area (Å²) < 4.78 is 27.1. The summed E-state index contributed by atoms with van der Waals surface area (Å²) in [4.78, 5) is 12.1. The average Bonchev–Trinajstić information content (AvgIpc) is 3.86. The van der Waals surface area contributed by atoms with E-state index in [0.717, 1.165) is 60.5 Å². The summed E-state index contributed by atoms with van der Waals surface area (Å²) in [6.07, 6.45) is 4.91. The Morgan fingerprint density at radius 2 is 1.23 bits per heavy atom. The molecule has 5 aromatic carbocycles. The Hall–Kier alpha value is -5.90. The quantitative estimate of drug-likeness (QED) is 0.139. The normalized spacial score (nSPS) is 11.9. The van der Waals surface area contributed by atoms with E-state index < -0.39 is 15.4 Å². The van der Waals surface area contributed by atoms with Gasteiger partial charge in [-0.2, -0.15) is 5.10 Å². The summed E-state index contributed by atoms with van der Waals surface area (Å²) in [5.41, 5.74) is 8.61. The number of aromatic nitrogens is 4. The summed E-state index contributed by atoms with van der Waals surface area (Å²) in [5, 5.41) is 6.35. The van der Waals surface area contributed by atoms with Crippen molar-refractivity contribution in [1.82, 2.24) is 19.7 Å². The third kappa shape index (κ3) is 5.87. The predicted octanol–water partition coefficient (Wildman–Crippen LogP) is 9.20. The lowest BCUT2D eigenvalue weighted by Crippen LogP contribution is -2.38. The van der Waals surface area contributed by atoms with E-state index in [-0.39, 0.29) is 0 Å². The van der Waals surface area contributed by atoms with Gasteiger partial charge in [-0.05, 0) is 58.7 Å². The van der Waals surface area contributed by atoms with Crippen LogP contribution in [0.4, 0.5) is 5.69 Å². The lowest BCUT2D eigenvalue weighted by Gasteiger charge is -2.36. The van der Waals surface area contributed by atoms with Gasteiger partial charge in [0, 0.05) is 48.7 Å². The van der Waals surface area contributed by atoms with Crippen molar-refractivity contribution in [3.05, 3.63) is 175 Å². The Kier molecular flexibility index (Phi) is 8.53. The van der Waals surface area contributed by atoms with Crippen LogP contribution >= 0.6 is 11.3 Å². The van der Waals surface area contributed by atoms with Crippen molar-refractivity contribution in [1.29, 1.82) is 0 Å². The largest absolute Gasteiger partial charge is 0.378 e. The molecule has 256 valence electrons. The highest BCUT2D eigenvalue weighted by Crippen LogP contribution is 2.44. The maximum Gasteiger partial charge on any atom is 0.184 e. The molecule has 0 unspecified atom stereocenters. The summed E-state index contributed by atoms with van der Waals surface area (Å²) in [6.45, 7) is 0. The third-order valence-corrected chi connectivity index (χ3v) is 12.3. The van der Waals surface area contributed by atoms with Crippen molar-refractivity contribution in [2.75, 3.05) is 25.3 Å². The molecule has 52 heavy (non-hydrogen) atoms. The van der Waals surface area contributed by atoms with Gasteiger partial charge in [0.05, 0.1) is 16.1 Å². The van der Waals surface area contributed by atoms with Gasteiger partial charge in [-0.15, -0.1) is 11.3 Å². The van der Waals surface area contributed by atoms with Gasteiger partial charge < -0.3 is 4.90 Å². The van der Waals surface area contributed by atoms with Gasteiger partial charge in [0.1, 0.15) is 21.8 Å². The van der Waals surface area contributed by atoms with Crippen LogP contribution < -0.4 is 4.90 Å². The molecular formula is C43H35N5O2S2.